The van der Waals surface area contributed by atoms with Crippen molar-refractivity contribution in [3.05, 3.63) is 28.7 Å². The molecule has 1 unspecified atom stereocenters. The van der Waals surface area contributed by atoms with Gasteiger partial charge in [-0.1, -0.05) is 31.9 Å². The zero-order chi connectivity index (χ0) is 12.1. The minimum Gasteiger partial charge on any atom is -0.492 e. The maximum Gasteiger partial charge on any atom is 0.119 e. The molecule has 1 fully saturated rings. The second-order valence-corrected chi connectivity index (χ2v) is 5.98. The van der Waals surface area contributed by atoms with Crippen molar-refractivity contribution < 1.29 is 4.74 Å². The fraction of sp³-hybridized carbons (Fsp3) is 0.538. The zero-order valence-corrected chi connectivity index (χ0v) is 12.9. The molecule has 2 rings (SSSR count). The van der Waals surface area contributed by atoms with Crippen LogP contribution in [0, 0.1) is 5.92 Å². The van der Waals surface area contributed by atoms with Crippen molar-refractivity contribution in [2.75, 3.05) is 31.6 Å². The summed E-state index contributed by atoms with van der Waals surface area (Å²) in [5.74, 6) is 1.77. The Morgan fingerprint density at radius 2 is 2.06 bits per heavy atom. The van der Waals surface area contributed by atoms with Crippen molar-refractivity contribution in [3.8, 4) is 5.75 Å². The lowest BCUT2D eigenvalue weighted by atomic mass is 10.2. The topological polar surface area (TPSA) is 12.5 Å². The lowest BCUT2D eigenvalue weighted by molar-refractivity contribution is 0.234. The molecule has 1 aliphatic heterocycles. The molecular formula is C13H17Br2NO. The first-order chi connectivity index (χ1) is 8.28. The van der Waals surface area contributed by atoms with E-state index in [4.69, 9.17) is 4.74 Å². The van der Waals surface area contributed by atoms with Gasteiger partial charge in [-0.2, -0.15) is 0 Å². The Morgan fingerprint density at radius 1 is 1.29 bits per heavy atom. The van der Waals surface area contributed by atoms with Crippen molar-refractivity contribution in [2.24, 2.45) is 5.92 Å². The number of benzene rings is 1. The molecule has 0 amide bonds. The standard InChI is InChI=1S/C13H17Br2NO/c14-9-11-5-6-16(10-11)7-8-17-13-3-1-12(15)2-4-13/h1-4,11H,5-10H2. The van der Waals surface area contributed by atoms with E-state index < -0.39 is 0 Å². The molecule has 1 aliphatic rings. The van der Waals surface area contributed by atoms with Crippen LogP contribution in [0.3, 0.4) is 0 Å². The summed E-state index contributed by atoms with van der Waals surface area (Å²) in [6.07, 6.45) is 1.31. The smallest absolute Gasteiger partial charge is 0.119 e. The van der Waals surface area contributed by atoms with E-state index in [1.807, 2.05) is 24.3 Å². The van der Waals surface area contributed by atoms with Crippen LogP contribution >= 0.6 is 31.9 Å². The average molecular weight is 363 g/mol. The average Bonchev–Trinajstić information content (AvgIpc) is 2.80. The highest BCUT2D eigenvalue weighted by Crippen LogP contribution is 2.18. The third-order valence-corrected chi connectivity index (χ3v) is 4.52. The summed E-state index contributed by atoms with van der Waals surface area (Å²) in [4.78, 5) is 2.48. The van der Waals surface area contributed by atoms with Gasteiger partial charge in [0.05, 0.1) is 0 Å². The quantitative estimate of drug-likeness (QED) is 0.743. The predicted molar refractivity (Wildman–Crippen MR) is 78.0 cm³/mol. The number of alkyl halides is 1. The molecular weight excluding hydrogens is 346 g/mol. The van der Waals surface area contributed by atoms with Crippen LogP contribution in [-0.2, 0) is 0 Å². The van der Waals surface area contributed by atoms with Crippen LogP contribution in [0.1, 0.15) is 6.42 Å². The first kappa shape index (κ1) is 13.4. The lowest BCUT2D eigenvalue weighted by Gasteiger charge is -2.15. The van der Waals surface area contributed by atoms with Crippen molar-refractivity contribution in [1.82, 2.24) is 4.90 Å². The van der Waals surface area contributed by atoms with Gasteiger partial charge in [-0.3, -0.25) is 4.90 Å². The van der Waals surface area contributed by atoms with Crippen molar-refractivity contribution in [2.45, 2.75) is 6.42 Å². The van der Waals surface area contributed by atoms with E-state index in [1.54, 1.807) is 0 Å². The summed E-state index contributed by atoms with van der Waals surface area (Å²) < 4.78 is 6.81. The molecule has 94 valence electrons. The molecule has 0 aromatic heterocycles. The molecule has 0 N–H and O–H groups in total. The maximum absolute atomic E-state index is 5.72. The third kappa shape index (κ3) is 4.27. The summed E-state index contributed by atoms with van der Waals surface area (Å²) in [6.45, 7) is 4.21. The van der Waals surface area contributed by atoms with Gasteiger partial charge in [-0.15, -0.1) is 0 Å². The number of rotatable bonds is 5. The van der Waals surface area contributed by atoms with Crippen LogP contribution in [-0.4, -0.2) is 36.5 Å². The van der Waals surface area contributed by atoms with Crippen LogP contribution in [0.15, 0.2) is 28.7 Å². The largest absolute Gasteiger partial charge is 0.492 e. The fourth-order valence-electron chi connectivity index (χ4n) is 2.07. The van der Waals surface area contributed by atoms with E-state index in [-0.39, 0.29) is 0 Å². The summed E-state index contributed by atoms with van der Waals surface area (Å²) in [7, 11) is 0. The second kappa shape index (κ2) is 6.76. The van der Waals surface area contributed by atoms with Gasteiger partial charge in [0.15, 0.2) is 0 Å². The van der Waals surface area contributed by atoms with Crippen LogP contribution in [0.5, 0.6) is 5.75 Å². The van der Waals surface area contributed by atoms with Crippen LogP contribution in [0.2, 0.25) is 0 Å². The number of hydrogen-bond acceptors (Lipinski definition) is 2. The number of halogens is 2. The van der Waals surface area contributed by atoms with Gasteiger partial charge in [0.25, 0.3) is 0 Å². The van der Waals surface area contributed by atoms with E-state index in [2.05, 4.69) is 36.8 Å². The van der Waals surface area contributed by atoms with Gasteiger partial charge >= 0.3 is 0 Å². The maximum atomic E-state index is 5.72. The number of nitrogens with zero attached hydrogens (tertiary/aromatic N) is 1. The van der Waals surface area contributed by atoms with Crippen molar-refractivity contribution in [3.63, 3.8) is 0 Å². The van der Waals surface area contributed by atoms with Gasteiger partial charge in [0.1, 0.15) is 12.4 Å². The summed E-state index contributed by atoms with van der Waals surface area (Å²) in [5, 5.41) is 1.12. The van der Waals surface area contributed by atoms with Crippen LogP contribution in [0.25, 0.3) is 0 Å². The SMILES string of the molecule is BrCC1CCN(CCOc2ccc(Br)cc2)C1. The Hall–Kier alpha value is -0.0600. The highest BCUT2D eigenvalue weighted by Gasteiger charge is 2.20. The number of hydrogen-bond donors (Lipinski definition) is 0. The lowest BCUT2D eigenvalue weighted by Crippen LogP contribution is -2.26. The van der Waals surface area contributed by atoms with E-state index in [9.17, 15) is 0 Å². The van der Waals surface area contributed by atoms with E-state index >= 15 is 0 Å². The van der Waals surface area contributed by atoms with Crippen LogP contribution in [0.4, 0.5) is 0 Å². The fourth-order valence-corrected chi connectivity index (χ4v) is 2.86. The Morgan fingerprint density at radius 3 is 2.71 bits per heavy atom. The minimum absolute atomic E-state index is 0.774. The van der Waals surface area contributed by atoms with Gasteiger partial charge in [0.2, 0.25) is 0 Å². The zero-order valence-electron chi connectivity index (χ0n) is 9.74. The molecule has 1 heterocycles. The minimum atomic E-state index is 0.774. The highest BCUT2D eigenvalue weighted by molar-refractivity contribution is 9.10. The Bertz CT molecular complexity index is 342. The molecule has 0 radical (unpaired) electrons. The molecule has 1 aromatic carbocycles. The molecule has 2 nitrogen and oxygen atoms in total. The normalized spacial score (nSPS) is 20.7. The predicted octanol–water partition coefficient (Wildman–Crippen LogP) is 3.54. The number of likely N-dealkylation sites (tertiary alicyclic amines) is 1. The van der Waals surface area contributed by atoms with E-state index in [0.29, 0.717) is 0 Å². The molecule has 1 atom stereocenters. The molecule has 1 saturated heterocycles. The molecule has 0 bridgehead atoms. The number of ether oxygens (including phenoxy) is 1. The van der Waals surface area contributed by atoms with Gasteiger partial charge in [0, 0.05) is 22.9 Å². The molecule has 0 spiro atoms. The molecule has 0 saturated carbocycles. The molecule has 0 aliphatic carbocycles. The Balaban J connectivity index is 1.68. The first-order valence-electron chi connectivity index (χ1n) is 5.94. The summed E-state index contributed by atoms with van der Waals surface area (Å²) >= 11 is 6.97. The monoisotopic (exact) mass is 361 g/mol. The van der Waals surface area contributed by atoms with E-state index in [1.165, 1.54) is 19.5 Å². The van der Waals surface area contributed by atoms with Crippen molar-refractivity contribution >= 4 is 31.9 Å². The van der Waals surface area contributed by atoms with Gasteiger partial charge in [-0.05, 0) is 43.1 Å². The first-order valence-corrected chi connectivity index (χ1v) is 7.86. The summed E-state index contributed by atoms with van der Waals surface area (Å²) in [5.41, 5.74) is 0. The van der Waals surface area contributed by atoms with Crippen LogP contribution < -0.4 is 4.74 Å². The molecule has 17 heavy (non-hydrogen) atoms. The molecule has 1 aromatic rings. The van der Waals surface area contributed by atoms with Gasteiger partial charge in [-0.25, -0.2) is 0 Å². The summed E-state index contributed by atoms with van der Waals surface area (Å²) in [6, 6.07) is 8.00. The second-order valence-electron chi connectivity index (χ2n) is 4.41. The van der Waals surface area contributed by atoms with Crippen molar-refractivity contribution in [1.29, 1.82) is 0 Å². The highest BCUT2D eigenvalue weighted by atomic mass is 79.9. The Labute approximate surface area is 120 Å². The van der Waals surface area contributed by atoms with Gasteiger partial charge < -0.3 is 4.74 Å². The van der Waals surface area contributed by atoms with E-state index in [0.717, 1.165) is 34.6 Å². The molecule has 4 heteroatoms. The Kier molecular flexibility index (Phi) is 5.32. The third-order valence-electron chi connectivity index (χ3n) is 3.08.